The fraction of sp³-hybridized carbons (Fsp3) is 0.120. The molecule has 3 amide bonds. The van der Waals surface area contributed by atoms with Gasteiger partial charge in [-0.3, -0.25) is 9.69 Å². The molecule has 0 unspecified atom stereocenters. The summed E-state index contributed by atoms with van der Waals surface area (Å²) in [4.78, 5) is 25.9. The van der Waals surface area contributed by atoms with Gasteiger partial charge in [0.25, 0.3) is 5.91 Å². The summed E-state index contributed by atoms with van der Waals surface area (Å²) in [6.45, 7) is 2.33. The molecule has 162 valence electrons. The van der Waals surface area contributed by atoms with E-state index in [-0.39, 0.29) is 17.8 Å². The lowest BCUT2D eigenvalue weighted by Crippen LogP contribution is -2.30. The first-order valence-corrected chi connectivity index (χ1v) is 10.8. The van der Waals surface area contributed by atoms with Gasteiger partial charge in [0.05, 0.1) is 11.0 Å². The lowest BCUT2D eigenvalue weighted by molar-refractivity contribution is -0.123. The standard InChI is InChI=1S/C25H20BrFN2O3/c1-16-5-4-6-18(11-16)15-32-23-10-9-17(12-20(23)26)13-22-24(30)29(25(31)28-22)14-19-7-2-3-8-21(19)27/h2-13H,14-15H2,1H3,(H,28,31)/b22-13+. The molecule has 0 saturated carbocycles. The van der Waals surface area contributed by atoms with Gasteiger partial charge in [-0.2, -0.15) is 0 Å². The van der Waals surface area contributed by atoms with Crippen LogP contribution >= 0.6 is 15.9 Å². The van der Waals surface area contributed by atoms with Crippen molar-refractivity contribution in [3.8, 4) is 5.75 Å². The van der Waals surface area contributed by atoms with Crippen molar-refractivity contribution in [3.63, 3.8) is 0 Å². The van der Waals surface area contributed by atoms with Gasteiger partial charge in [-0.1, -0.05) is 54.1 Å². The van der Waals surface area contributed by atoms with E-state index in [2.05, 4.69) is 27.3 Å². The smallest absolute Gasteiger partial charge is 0.329 e. The van der Waals surface area contributed by atoms with Gasteiger partial charge in [0.1, 0.15) is 23.9 Å². The third kappa shape index (κ3) is 4.89. The van der Waals surface area contributed by atoms with Crippen LogP contribution in [0, 0.1) is 12.7 Å². The summed E-state index contributed by atoms with van der Waals surface area (Å²) in [6.07, 6.45) is 1.58. The molecule has 3 aromatic rings. The van der Waals surface area contributed by atoms with Crippen LogP contribution in [0.25, 0.3) is 6.08 Å². The number of imide groups is 1. The maximum atomic E-state index is 13.9. The maximum Gasteiger partial charge on any atom is 0.329 e. The number of hydrogen-bond acceptors (Lipinski definition) is 3. The summed E-state index contributed by atoms with van der Waals surface area (Å²) in [5, 5.41) is 2.56. The predicted octanol–water partition coefficient (Wildman–Crippen LogP) is 5.57. The Morgan fingerprint density at radius 3 is 2.62 bits per heavy atom. The molecule has 0 aliphatic carbocycles. The second-order valence-corrected chi connectivity index (χ2v) is 8.29. The van der Waals surface area contributed by atoms with Crippen molar-refractivity contribution in [2.24, 2.45) is 0 Å². The van der Waals surface area contributed by atoms with Crippen LogP contribution in [0.5, 0.6) is 5.75 Å². The Balaban J connectivity index is 1.46. The zero-order valence-electron chi connectivity index (χ0n) is 17.3. The van der Waals surface area contributed by atoms with Crippen molar-refractivity contribution in [3.05, 3.63) is 105 Å². The molecule has 7 heteroatoms. The van der Waals surface area contributed by atoms with E-state index < -0.39 is 17.8 Å². The molecule has 32 heavy (non-hydrogen) atoms. The number of benzene rings is 3. The monoisotopic (exact) mass is 494 g/mol. The topological polar surface area (TPSA) is 58.6 Å². The molecule has 4 rings (SSSR count). The molecule has 1 heterocycles. The Labute approximate surface area is 193 Å². The number of hydrogen-bond donors (Lipinski definition) is 1. The summed E-state index contributed by atoms with van der Waals surface area (Å²) in [6, 6.07) is 19.0. The van der Waals surface area contributed by atoms with Crippen LogP contribution in [0.4, 0.5) is 9.18 Å². The molecule has 0 atom stereocenters. The second-order valence-electron chi connectivity index (χ2n) is 7.44. The number of amides is 3. The molecule has 1 saturated heterocycles. The molecule has 0 aromatic heterocycles. The first kappa shape index (κ1) is 21.8. The van der Waals surface area contributed by atoms with E-state index in [4.69, 9.17) is 4.74 Å². The van der Waals surface area contributed by atoms with Crippen LogP contribution < -0.4 is 10.1 Å². The zero-order valence-corrected chi connectivity index (χ0v) is 18.9. The minimum Gasteiger partial charge on any atom is -0.488 e. The number of nitrogens with zero attached hydrogens (tertiary/aromatic N) is 1. The predicted molar refractivity (Wildman–Crippen MR) is 123 cm³/mol. The van der Waals surface area contributed by atoms with Gasteiger partial charge in [-0.15, -0.1) is 0 Å². The normalized spacial score (nSPS) is 14.7. The number of aryl methyl sites for hydroxylation is 1. The van der Waals surface area contributed by atoms with Gasteiger partial charge in [-0.25, -0.2) is 9.18 Å². The van der Waals surface area contributed by atoms with Crippen LogP contribution in [-0.4, -0.2) is 16.8 Å². The van der Waals surface area contributed by atoms with Crippen LogP contribution in [0.1, 0.15) is 22.3 Å². The van der Waals surface area contributed by atoms with E-state index in [1.807, 2.05) is 25.1 Å². The summed E-state index contributed by atoms with van der Waals surface area (Å²) >= 11 is 3.50. The molecule has 0 spiro atoms. The largest absolute Gasteiger partial charge is 0.488 e. The number of rotatable bonds is 6. The SMILES string of the molecule is Cc1cccc(COc2ccc(/C=C3/NC(=O)N(Cc4ccccc4F)C3=O)cc2Br)c1. The number of carbonyl (C=O) groups is 2. The van der Waals surface area contributed by atoms with E-state index in [0.29, 0.717) is 17.9 Å². The highest BCUT2D eigenvalue weighted by atomic mass is 79.9. The first-order chi connectivity index (χ1) is 15.4. The molecule has 0 bridgehead atoms. The Hall–Kier alpha value is -3.45. The number of carbonyl (C=O) groups excluding carboxylic acids is 2. The van der Waals surface area contributed by atoms with Crippen molar-refractivity contribution >= 4 is 33.9 Å². The number of ether oxygens (including phenoxy) is 1. The lowest BCUT2D eigenvalue weighted by Gasteiger charge is -2.12. The van der Waals surface area contributed by atoms with Crippen LogP contribution in [0.15, 0.2) is 76.9 Å². The maximum absolute atomic E-state index is 13.9. The number of nitrogens with one attached hydrogen (secondary N) is 1. The third-order valence-corrected chi connectivity index (χ3v) is 5.61. The van der Waals surface area contributed by atoms with Crippen LogP contribution in [-0.2, 0) is 17.9 Å². The average molecular weight is 495 g/mol. The van der Waals surface area contributed by atoms with Crippen molar-refractivity contribution < 1.29 is 18.7 Å². The van der Waals surface area contributed by atoms with E-state index in [1.165, 1.54) is 11.6 Å². The van der Waals surface area contributed by atoms with Gasteiger partial charge >= 0.3 is 6.03 Å². The summed E-state index contributed by atoms with van der Waals surface area (Å²) in [7, 11) is 0. The number of urea groups is 1. The Bertz CT molecular complexity index is 1230. The van der Waals surface area contributed by atoms with Gasteiger partial charge < -0.3 is 10.1 Å². The van der Waals surface area contributed by atoms with E-state index in [1.54, 1.807) is 42.5 Å². The zero-order chi connectivity index (χ0) is 22.7. The van der Waals surface area contributed by atoms with Gasteiger partial charge in [0.15, 0.2) is 0 Å². The Morgan fingerprint density at radius 2 is 1.88 bits per heavy atom. The van der Waals surface area contributed by atoms with Crippen molar-refractivity contribution in [2.75, 3.05) is 0 Å². The summed E-state index contributed by atoms with van der Waals surface area (Å²) in [5.41, 5.74) is 3.34. The molecule has 1 fully saturated rings. The van der Waals surface area contributed by atoms with E-state index in [9.17, 15) is 14.0 Å². The van der Waals surface area contributed by atoms with Gasteiger partial charge in [-0.05, 0) is 58.3 Å². The molecular formula is C25H20BrFN2O3. The number of halogens is 2. The minimum absolute atomic E-state index is 0.131. The Morgan fingerprint density at radius 1 is 1.06 bits per heavy atom. The van der Waals surface area contributed by atoms with Crippen LogP contribution in [0.3, 0.4) is 0 Å². The van der Waals surface area contributed by atoms with E-state index >= 15 is 0 Å². The Kier molecular flexibility index (Phi) is 6.37. The third-order valence-electron chi connectivity index (χ3n) is 4.99. The fourth-order valence-electron chi connectivity index (χ4n) is 3.37. The summed E-state index contributed by atoms with van der Waals surface area (Å²) < 4.78 is 20.5. The molecule has 5 nitrogen and oxygen atoms in total. The van der Waals surface area contributed by atoms with Gasteiger partial charge in [0.2, 0.25) is 0 Å². The molecule has 3 aromatic carbocycles. The lowest BCUT2D eigenvalue weighted by atomic mass is 10.1. The van der Waals surface area contributed by atoms with Gasteiger partial charge in [0, 0.05) is 5.56 Å². The van der Waals surface area contributed by atoms with Crippen LogP contribution in [0.2, 0.25) is 0 Å². The minimum atomic E-state index is -0.582. The van der Waals surface area contributed by atoms with Crippen molar-refractivity contribution in [1.29, 1.82) is 0 Å². The highest BCUT2D eigenvalue weighted by molar-refractivity contribution is 9.10. The van der Waals surface area contributed by atoms with Crippen molar-refractivity contribution in [1.82, 2.24) is 10.2 Å². The highest BCUT2D eigenvalue weighted by Gasteiger charge is 2.34. The average Bonchev–Trinajstić information content (AvgIpc) is 3.02. The summed E-state index contributed by atoms with van der Waals surface area (Å²) in [5.74, 6) is -0.304. The van der Waals surface area contributed by atoms with E-state index in [0.717, 1.165) is 14.9 Å². The molecular weight excluding hydrogens is 475 g/mol. The van der Waals surface area contributed by atoms with Crippen molar-refractivity contribution in [2.45, 2.75) is 20.1 Å². The first-order valence-electron chi connectivity index (χ1n) is 9.96. The molecule has 0 radical (unpaired) electrons. The molecule has 1 aliphatic heterocycles. The molecule has 1 N–H and O–H groups in total. The quantitative estimate of drug-likeness (QED) is 0.360. The second kappa shape index (κ2) is 9.36. The highest BCUT2D eigenvalue weighted by Crippen LogP contribution is 2.28. The molecule has 1 aliphatic rings. The fourth-order valence-corrected chi connectivity index (χ4v) is 3.88.